The van der Waals surface area contributed by atoms with E-state index in [-0.39, 0.29) is 35.1 Å². The Labute approximate surface area is 167 Å². The summed E-state index contributed by atoms with van der Waals surface area (Å²) in [5.74, 6) is 1.07. The molecular formula is C23H32O5. The third-order valence-corrected chi connectivity index (χ3v) is 8.97. The normalized spacial score (nSPS) is 45.0. The molecule has 4 saturated carbocycles. The van der Waals surface area contributed by atoms with E-state index >= 15 is 0 Å². The van der Waals surface area contributed by atoms with Crippen LogP contribution in [0.4, 0.5) is 0 Å². The van der Waals surface area contributed by atoms with Crippen LogP contribution in [-0.4, -0.2) is 29.9 Å². The second-order valence-electron chi connectivity index (χ2n) is 10.3. The molecule has 4 rings (SSSR count). The minimum Gasteiger partial charge on any atom is -0.458 e. The molecule has 0 radical (unpaired) electrons. The lowest BCUT2D eigenvalue weighted by Gasteiger charge is -2.59. The minimum atomic E-state index is -0.439. The molecule has 7 atom stereocenters. The molecule has 0 spiro atoms. The van der Waals surface area contributed by atoms with Crippen molar-refractivity contribution in [3.63, 3.8) is 0 Å². The summed E-state index contributed by atoms with van der Waals surface area (Å²) in [7, 11) is 0. The van der Waals surface area contributed by atoms with Crippen LogP contribution >= 0.6 is 0 Å². The van der Waals surface area contributed by atoms with E-state index in [4.69, 9.17) is 4.74 Å². The summed E-state index contributed by atoms with van der Waals surface area (Å²) < 4.78 is 4.97. The highest BCUT2D eigenvalue weighted by Gasteiger charge is 2.64. The van der Waals surface area contributed by atoms with E-state index in [0.717, 1.165) is 32.1 Å². The Kier molecular flexibility index (Phi) is 4.79. The monoisotopic (exact) mass is 388 g/mol. The average Bonchev–Trinajstić information content (AvgIpc) is 2.96. The Morgan fingerprint density at radius 1 is 1.07 bits per heavy atom. The summed E-state index contributed by atoms with van der Waals surface area (Å²) in [6.45, 7) is 5.51. The molecule has 5 nitrogen and oxygen atoms in total. The molecule has 4 fully saturated rings. The van der Waals surface area contributed by atoms with Crippen LogP contribution in [0.2, 0.25) is 0 Å². The van der Waals surface area contributed by atoms with Crippen LogP contribution < -0.4 is 0 Å². The number of rotatable bonds is 3. The molecule has 1 unspecified atom stereocenters. The van der Waals surface area contributed by atoms with Crippen molar-refractivity contribution in [2.24, 2.45) is 40.4 Å². The lowest BCUT2D eigenvalue weighted by Crippen LogP contribution is -2.57. The first-order valence-corrected chi connectivity index (χ1v) is 10.9. The summed E-state index contributed by atoms with van der Waals surface area (Å²) in [5.41, 5.74) is -0.377. The number of hydrogen-bond acceptors (Lipinski definition) is 5. The predicted octanol–water partition coefficient (Wildman–Crippen LogP) is 3.53. The maximum absolute atomic E-state index is 13.5. The zero-order valence-electron chi connectivity index (χ0n) is 17.3. The maximum Gasteiger partial charge on any atom is 0.303 e. The largest absolute Gasteiger partial charge is 0.458 e. The average molecular weight is 389 g/mol. The van der Waals surface area contributed by atoms with Crippen LogP contribution in [0.1, 0.15) is 72.1 Å². The number of esters is 1. The van der Waals surface area contributed by atoms with Crippen LogP contribution in [0.5, 0.6) is 0 Å². The second-order valence-corrected chi connectivity index (χ2v) is 10.3. The third-order valence-electron chi connectivity index (χ3n) is 8.97. The number of carbonyl (C=O) groups is 4. The molecule has 0 aromatic carbocycles. The maximum atomic E-state index is 13.5. The molecule has 0 amide bonds. The molecule has 0 aliphatic heterocycles. The zero-order chi connectivity index (χ0) is 20.3. The highest BCUT2D eigenvalue weighted by Crippen LogP contribution is 2.66. The number of ether oxygens (including phenoxy) is 1. The van der Waals surface area contributed by atoms with Gasteiger partial charge in [0.15, 0.2) is 5.78 Å². The van der Waals surface area contributed by atoms with Gasteiger partial charge in [0.1, 0.15) is 18.2 Å². The molecule has 28 heavy (non-hydrogen) atoms. The fraction of sp³-hybridized carbons (Fsp3) is 0.826. The number of carbonyl (C=O) groups excluding carboxylic acids is 4. The first-order valence-electron chi connectivity index (χ1n) is 10.9. The SMILES string of the molecule is CC(=O)OCC(=O)[C@H]1CC[C@H]2[C@@H]3CCC4CC(=O)CC[C@]4(C)[C@H]3C(=O)C[C@]12C. The predicted molar refractivity (Wildman–Crippen MR) is 102 cm³/mol. The summed E-state index contributed by atoms with van der Waals surface area (Å²) in [4.78, 5) is 49.4. The molecule has 0 saturated heterocycles. The molecular weight excluding hydrogens is 356 g/mol. The Morgan fingerprint density at radius 2 is 1.82 bits per heavy atom. The Bertz CT molecular complexity index is 727. The van der Waals surface area contributed by atoms with Gasteiger partial charge in [0.05, 0.1) is 0 Å². The molecule has 154 valence electrons. The Balaban J connectivity index is 1.59. The molecule has 0 N–H and O–H groups in total. The van der Waals surface area contributed by atoms with E-state index in [9.17, 15) is 19.2 Å². The van der Waals surface area contributed by atoms with Gasteiger partial charge in [-0.05, 0) is 60.7 Å². The van der Waals surface area contributed by atoms with Crippen LogP contribution in [-0.2, 0) is 23.9 Å². The lowest BCUT2D eigenvalue weighted by atomic mass is 9.44. The first kappa shape index (κ1) is 19.8. The fourth-order valence-corrected chi connectivity index (χ4v) is 7.66. The van der Waals surface area contributed by atoms with Crippen LogP contribution in [0, 0.1) is 40.4 Å². The number of hydrogen-bond donors (Lipinski definition) is 0. The topological polar surface area (TPSA) is 77.5 Å². The first-order chi connectivity index (χ1) is 13.2. The molecule has 0 bridgehead atoms. The van der Waals surface area contributed by atoms with Gasteiger partial charge in [-0.15, -0.1) is 0 Å². The van der Waals surface area contributed by atoms with E-state index in [1.54, 1.807) is 0 Å². The van der Waals surface area contributed by atoms with Crippen LogP contribution in [0.3, 0.4) is 0 Å². The van der Waals surface area contributed by atoms with Gasteiger partial charge < -0.3 is 4.74 Å². The van der Waals surface area contributed by atoms with Crippen molar-refractivity contribution >= 4 is 23.3 Å². The van der Waals surface area contributed by atoms with Crippen molar-refractivity contribution in [1.29, 1.82) is 0 Å². The molecule has 5 heteroatoms. The number of fused-ring (bicyclic) bond motifs is 5. The standard InChI is InChI=1S/C23H32O5/c1-13(24)28-12-20(27)18-7-6-17-16-5-4-14-10-15(25)8-9-22(14,2)21(16)19(26)11-23(17,18)3/h14,16-18,21H,4-12H2,1-3H3/t14?,16-,17-,18+,21+,22-,23-/m0/s1. The Hall–Kier alpha value is -1.52. The van der Waals surface area contributed by atoms with Gasteiger partial charge in [-0.25, -0.2) is 0 Å². The summed E-state index contributed by atoms with van der Waals surface area (Å²) >= 11 is 0. The second kappa shape index (κ2) is 6.77. The van der Waals surface area contributed by atoms with Gasteiger partial charge in [0, 0.05) is 38.0 Å². The molecule has 4 aliphatic carbocycles. The van der Waals surface area contributed by atoms with Crippen LogP contribution in [0.25, 0.3) is 0 Å². The molecule has 0 heterocycles. The van der Waals surface area contributed by atoms with E-state index < -0.39 is 5.97 Å². The fourth-order valence-electron chi connectivity index (χ4n) is 7.66. The van der Waals surface area contributed by atoms with Crippen molar-refractivity contribution in [3.05, 3.63) is 0 Å². The quantitative estimate of drug-likeness (QED) is 0.691. The molecule has 0 aromatic rings. The van der Waals surface area contributed by atoms with Gasteiger partial charge in [-0.2, -0.15) is 0 Å². The van der Waals surface area contributed by atoms with E-state index in [2.05, 4.69) is 13.8 Å². The number of Topliss-reactive ketones (excluding diaryl/α,β-unsaturated/α-hetero) is 3. The lowest BCUT2D eigenvalue weighted by molar-refractivity contribution is -0.162. The third kappa shape index (κ3) is 2.88. The van der Waals surface area contributed by atoms with Gasteiger partial charge in [0.2, 0.25) is 0 Å². The molecule has 4 aliphatic rings. The van der Waals surface area contributed by atoms with E-state index in [0.29, 0.717) is 48.6 Å². The van der Waals surface area contributed by atoms with E-state index in [1.807, 2.05) is 0 Å². The summed E-state index contributed by atoms with van der Waals surface area (Å²) in [5, 5.41) is 0. The van der Waals surface area contributed by atoms with Crippen molar-refractivity contribution < 1.29 is 23.9 Å². The van der Waals surface area contributed by atoms with Crippen molar-refractivity contribution in [1.82, 2.24) is 0 Å². The van der Waals surface area contributed by atoms with Gasteiger partial charge in [0.25, 0.3) is 0 Å². The summed E-state index contributed by atoms with van der Waals surface area (Å²) in [6.07, 6.45) is 6.31. The highest BCUT2D eigenvalue weighted by molar-refractivity contribution is 5.89. The van der Waals surface area contributed by atoms with Gasteiger partial charge in [-0.3, -0.25) is 19.2 Å². The van der Waals surface area contributed by atoms with Crippen LogP contribution in [0.15, 0.2) is 0 Å². The smallest absolute Gasteiger partial charge is 0.303 e. The minimum absolute atomic E-state index is 0.0328. The summed E-state index contributed by atoms with van der Waals surface area (Å²) in [6, 6.07) is 0. The zero-order valence-corrected chi connectivity index (χ0v) is 17.3. The van der Waals surface area contributed by atoms with Gasteiger partial charge >= 0.3 is 5.97 Å². The Morgan fingerprint density at radius 3 is 2.54 bits per heavy atom. The highest BCUT2D eigenvalue weighted by atomic mass is 16.5. The van der Waals surface area contributed by atoms with Crippen molar-refractivity contribution in [3.8, 4) is 0 Å². The number of ketones is 3. The van der Waals surface area contributed by atoms with Crippen molar-refractivity contribution in [2.75, 3.05) is 6.61 Å². The van der Waals surface area contributed by atoms with Crippen molar-refractivity contribution in [2.45, 2.75) is 72.1 Å². The van der Waals surface area contributed by atoms with E-state index in [1.165, 1.54) is 6.92 Å². The molecule has 0 aromatic heterocycles. The van der Waals surface area contributed by atoms with Gasteiger partial charge in [-0.1, -0.05) is 13.8 Å².